The molecule has 128 valence electrons. The van der Waals surface area contributed by atoms with Crippen molar-refractivity contribution in [2.45, 2.75) is 24.7 Å². The molecule has 24 heavy (non-hydrogen) atoms. The third kappa shape index (κ3) is 3.37. The molecule has 2 heterocycles. The van der Waals surface area contributed by atoms with E-state index in [0.29, 0.717) is 30.5 Å². The molecular formula is C17H20N2O4S. The number of nitrogens with zero attached hydrogens (tertiary/aromatic N) is 2. The van der Waals surface area contributed by atoms with Gasteiger partial charge in [0, 0.05) is 19.2 Å². The number of ether oxygens (including phenoxy) is 2. The summed E-state index contributed by atoms with van der Waals surface area (Å²) in [7, 11) is -1.89. The lowest BCUT2D eigenvalue weighted by Crippen LogP contribution is -2.27. The molecule has 0 aliphatic carbocycles. The maximum Gasteiger partial charge on any atom is 0.244 e. The van der Waals surface area contributed by atoms with Gasteiger partial charge in [-0.3, -0.25) is 0 Å². The molecule has 7 heteroatoms. The Morgan fingerprint density at radius 3 is 2.46 bits per heavy atom. The molecule has 0 unspecified atom stereocenters. The highest BCUT2D eigenvalue weighted by atomic mass is 32.2. The molecule has 1 aromatic heterocycles. The summed E-state index contributed by atoms with van der Waals surface area (Å²) >= 11 is 0. The van der Waals surface area contributed by atoms with Crippen molar-refractivity contribution in [1.82, 2.24) is 9.29 Å². The van der Waals surface area contributed by atoms with Crippen LogP contribution in [0.25, 0.3) is 0 Å². The highest BCUT2D eigenvalue weighted by molar-refractivity contribution is 7.89. The molecule has 0 spiro atoms. The van der Waals surface area contributed by atoms with Gasteiger partial charge in [-0.25, -0.2) is 13.4 Å². The molecule has 0 amide bonds. The first kappa shape index (κ1) is 16.7. The Hall–Kier alpha value is -2.12. The van der Waals surface area contributed by atoms with Crippen LogP contribution < -0.4 is 9.47 Å². The van der Waals surface area contributed by atoms with Crippen molar-refractivity contribution in [2.75, 3.05) is 20.2 Å². The second-order valence-electron chi connectivity index (χ2n) is 5.70. The smallest absolute Gasteiger partial charge is 0.244 e. The zero-order valence-electron chi connectivity index (χ0n) is 13.7. The number of aromatic nitrogens is 1. The molecule has 1 fully saturated rings. The Labute approximate surface area is 142 Å². The van der Waals surface area contributed by atoms with Crippen molar-refractivity contribution in [3.05, 3.63) is 42.1 Å². The van der Waals surface area contributed by atoms with Gasteiger partial charge in [0.05, 0.1) is 13.3 Å². The van der Waals surface area contributed by atoms with Crippen molar-refractivity contribution in [2.24, 2.45) is 0 Å². The zero-order valence-corrected chi connectivity index (χ0v) is 14.5. The molecule has 6 nitrogen and oxygen atoms in total. The minimum Gasteiger partial charge on any atom is -0.493 e. The summed E-state index contributed by atoms with van der Waals surface area (Å²) in [6.07, 6.45) is 3.14. The fraction of sp³-hybridized carbons (Fsp3) is 0.353. The van der Waals surface area contributed by atoms with E-state index in [1.807, 2.05) is 19.1 Å². The Morgan fingerprint density at radius 1 is 1.08 bits per heavy atom. The summed E-state index contributed by atoms with van der Waals surface area (Å²) in [5.41, 5.74) is 1.05. The third-order valence-electron chi connectivity index (χ3n) is 3.95. The molecule has 0 saturated carbocycles. The lowest BCUT2D eigenvalue weighted by atomic mass is 10.2. The van der Waals surface area contributed by atoms with E-state index in [1.165, 1.54) is 16.6 Å². The summed E-state index contributed by atoms with van der Waals surface area (Å²) < 4.78 is 37.4. The summed E-state index contributed by atoms with van der Waals surface area (Å²) in [6.45, 7) is 3.10. The van der Waals surface area contributed by atoms with Crippen LogP contribution >= 0.6 is 0 Å². The molecule has 1 aliphatic heterocycles. The van der Waals surface area contributed by atoms with Gasteiger partial charge in [0.25, 0.3) is 0 Å². The fourth-order valence-corrected chi connectivity index (χ4v) is 4.09. The van der Waals surface area contributed by atoms with Crippen LogP contribution in [0.2, 0.25) is 0 Å². The first-order valence-corrected chi connectivity index (χ1v) is 9.23. The number of sulfonamides is 1. The molecule has 1 aliphatic rings. The van der Waals surface area contributed by atoms with Crippen molar-refractivity contribution < 1.29 is 17.9 Å². The van der Waals surface area contributed by atoms with Crippen LogP contribution in [0.15, 0.2) is 41.4 Å². The fourth-order valence-electron chi connectivity index (χ4n) is 2.63. The van der Waals surface area contributed by atoms with Gasteiger partial charge in [0.1, 0.15) is 4.90 Å². The number of hydrogen-bond acceptors (Lipinski definition) is 5. The minimum absolute atomic E-state index is 0.188. The number of aryl methyl sites for hydroxylation is 1. The van der Waals surface area contributed by atoms with Crippen molar-refractivity contribution in [3.63, 3.8) is 0 Å². The quantitative estimate of drug-likeness (QED) is 0.831. The standard InChI is InChI=1S/C17H20N2O4S/c1-13-5-7-15(16(11-13)22-2)23-17-8-6-14(12-18-17)24(20,21)19-9-3-4-10-19/h5-8,11-12H,3-4,9-10H2,1-2H3. The van der Waals surface area contributed by atoms with Crippen molar-refractivity contribution in [3.8, 4) is 17.4 Å². The van der Waals surface area contributed by atoms with E-state index in [9.17, 15) is 8.42 Å². The minimum atomic E-state index is -3.46. The summed E-state index contributed by atoms with van der Waals surface area (Å²) in [5.74, 6) is 1.45. The molecular weight excluding hydrogens is 328 g/mol. The van der Waals surface area contributed by atoms with Crippen molar-refractivity contribution in [1.29, 1.82) is 0 Å². The SMILES string of the molecule is COc1cc(C)ccc1Oc1ccc(S(=O)(=O)N2CCCC2)cn1. The molecule has 0 radical (unpaired) electrons. The van der Waals surface area contributed by atoms with E-state index in [0.717, 1.165) is 18.4 Å². The van der Waals surface area contributed by atoms with Gasteiger partial charge in [-0.15, -0.1) is 0 Å². The Bertz CT molecular complexity index is 813. The molecule has 2 aromatic rings. The van der Waals surface area contributed by atoms with Gasteiger partial charge in [-0.1, -0.05) is 6.07 Å². The first-order chi connectivity index (χ1) is 11.5. The third-order valence-corrected chi connectivity index (χ3v) is 5.83. The number of pyridine rings is 1. The molecule has 0 atom stereocenters. The van der Waals surface area contributed by atoms with Crippen LogP contribution in [0.4, 0.5) is 0 Å². The van der Waals surface area contributed by atoms with E-state index in [4.69, 9.17) is 9.47 Å². The van der Waals surface area contributed by atoms with Gasteiger partial charge in [-0.05, 0) is 43.5 Å². The van der Waals surface area contributed by atoms with E-state index in [1.54, 1.807) is 19.2 Å². The van der Waals surface area contributed by atoms with Gasteiger partial charge < -0.3 is 9.47 Å². The van der Waals surface area contributed by atoms with E-state index < -0.39 is 10.0 Å². The lowest BCUT2D eigenvalue weighted by Gasteiger charge is -2.15. The molecule has 1 aromatic carbocycles. The first-order valence-electron chi connectivity index (χ1n) is 7.79. The summed E-state index contributed by atoms with van der Waals surface area (Å²) in [4.78, 5) is 4.31. The second kappa shape index (κ2) is 6.78. The van der Waals surface area contributed by atoms with Crippen LogP contribution in [0.5, 0.6) is 17.4 Å². The Morgan fingerprint density at radius 2 is 1.83 bits per heavy atom. The normalized spacial score (nSPS) is 15.4. The molecule has 0 N–H and O–H groups in total. The van der Waals surface area contributed by atoms with E-state index in [-0.39, 0.29) is 4.90 Å². The Kier molecular flexibility index (Phi) is 4.73. The van der Waals surface area contributed by atoms with E-state index >= 15 is 0 Å². The average molecular weight is 348 g/mol. The highest BCUT2D eigenvalue weighted by Gasteiger charge is 2.27. The topological polar surface area (TPSA) is 68.7 Å². The van der Waals surface area contributed by atoms with Crippen molar-refractivity contribution >= 4 is 10.0 Å². The zero-order chi connectivity index (χ0) is 17.2. The number of rotatable bonds is 5. The van der Waals surface area contributed by atoms with Crippen LogP contribution in [0.1, 0.15) is 18.4 Å². The summed E-state index contributed by atoms with van der Waals surface area (Å²) in [6, 6.07) is 8.65. The van der Waals surface area contributed by atoms with Crippen LogP contribution in [-0.4, -0.2) is 37.9 Å². The molecule has 3 rings (SSSR count). The number of hydrogen-bond donors (Lipinski definition) is 0. The lowest BCUT2D eigenvalue weighted by molar-refractivity contribution is 0.373. The largest absolute Gasteiger partial charge is 0.493 e. The second-order valence-corrected chi connectivity index (χ2v) is 7.64. The predicted octanol–water partition coefficient (Wildman–Crippen LogP) is 2.98. The summed E-state index contributed by atoms with van der Waals surface area (Å²) in [5, 5.41) is 0. The monoisotopic (exact) mass is 348 g/mol. The van der Waals surface area contributed by atoms with E-state index in [2.05, 4.69) is 4.98 Å². The molecule has 0 bridgehead atoms. The van der Waals surface area contributed by atoms with Gasteiger partial charge in [0.2, 0.25) is 15.9 Å². The average Bonchev–Trinajstić information content (AvgIpc) is 3.12. The highest BCUT2D eigenvalue weighted by Crippen LogP contribution is 2.31. The van der Waals surface area contributed by atoms with Crippen LogP contribution in [0.3, 0.4) is 0 Å². The maximum atomic E-state index is 12.5. The van der Waals surface area contributed by atoms with Gasteiger partial charge in [0.15, 0.2) is 11.5 Å². The van der Waals surface area contributed by atoms with Crippen LogP contribution in [-0.2, 0) is 10.0 Å². The van der Waals surface area contributed by atoms with Crippen LogP contribution in [0, 0.1) is 6.92 Å². The maximum absolute atomic E-state index is 12.5. The molecule has 1 saturated heterocycles. The Balaban J connectivity index is 1.80. The van der Waals surface area contributed by atoms with Gasteiger partial charge in [-0.2, -0.15) is 4.31 Å². The number of benzene rings is 1. The number of methoxy groups -OCH3 is 1. The predicted molar refractivity (Wildman–Crippen MR) is 90.0 cm³/mol. The van der Waals surface area contributed by atoms with Gasteiger partial charge >= 0.3 is 0 Å².